The Labute approximate surface area is 352 Å². The molecule has 1 saturated heterocycles. The van der Waals surface area contributed by atoms with Gasteiger partial charge in [0.2, 0.25) is 0 Å². The lowest BCUT2D eigenvalue weighted by Gasteiger charge is -2.40. The fourth-order valence-electron chi connectivity index (χ4n) is 7.22. The van der Waals surface area contributed by atoms with Crippen molar-refractivity contribution in [2.24, 2.45) is 0 Å². The molecule has 58 heavy (non-hydrogen) atoms. The average Bonchev–Trinajstić information content (AvgIpc) is 3.18. The van der Waals surface area contributed by atoms with Crippen molar-refractivity contribution in [2.75, 3.05) is 19.0 Å². The Hall–Kier alpha value is -1.61. The molecule has 0 bridgehead atoms. The fraction of sp³-hybridized carbons (Fsp3) is 0.911. The lowest BCUT2D eigenvalue weighted by atomic mass is 10.00. The first-order valence-corrected chi connectivity index (χ1v) is 24.9. The smallest absolute Gasteiger partial charge is 0.306 e. The molecule has 0 saturated carbocycles. The lowest BCUT2D eigenvalue weighted by Crippen LogP contribution is -2.60. The lowest BCUT2D eigenvalue weighted by molar-refractivity contribution is -0.297. The van der Waals surface area contributed by atoms with Crippen molar-refractivity contribution < 1.29 is 56.8 Å². The minimum Gasteiger partial charge on any atom is -0.462 e. The van der Waals surface area contributed by atoms with Crippen molar-refractivity contribution in [3.8, 4) is 0 Å². The third-order valence-electron chi connectivity index (χ3n) is 10.9. The number of hydrogen-bond donors (Lipinski definition) is 4. The monoisotopic (exact) mass is 849 g/mol. The van der Waals surface area contributed by atoms with Crippen LogP contribution in [0.1, 0.15) is 206 Å². The predicted molar refractivity (Wildman–Crippen MR) is 229 cm³/mol. The van der Waals surface area contributed by atoms with Crippen molar-refractivity contribution >= 4 is 22.1 Å². The largest absolute Gasteiger partial charge is 0.462 e. The molecular formula is C45H84O12S. The Balaban J connectivity index is 2.45. The maximum Gasteiger partial charge on any atom is 0.306 e. The number of unbranched alkanes of at least 4 members (excludes halogenated alkanes) is 25. The third kappa shape index (κ3) is 30.4. The second-order valence-corrected chi connectivity index (χ2v) is 17.9. The number of allylic oxidation sites excluding steroid dienone is 2. The summed E-state index contributed by atoms with van der Waals surface area (Å²) in [4.78, 5) is 25.4. The number of carbonyl (C=O) groups is 2. The third-order valence-corrected chi connectivity index (χ3v) is 11.6. The molecule has 0 amide bonds. The van der Waals surface area contributed by atoms with Crippen LogP contribution in [0.4, 0.5) is 0 Å². The molecule has 0 radical (unpaired) electrons. The van der Waals surface area contributed by atoms with E-state index in [2.05, 4.69) is 19.9 Å². The van der Waals surface area contributed by atoms with Crippen molar-refractivity contribution in [1.82, 2.24) is 0 Å². The number of rotatable bonds is 39. The molecule has 0 aromatic carbocycles. The van der Waals surface area contributed by atoms with Gasteiger partial charge in [-0.1, -0.05) is 180 Å². The van der Waals surface area contributed by atoms with Gasteiger partial charge in [0.05, 0.1) is 6.61 Å². The molecule has 0 aromatic rings. The second-order valence-electron chi connectivity index (χ2n) is 16.4. The number of carbonyl (C=O) groups excluding carboxylic acids is 2. The maximum atomic E-state index is 12.8. The van der Waals surface area contributed by atoms with Gasteiger partial charge in [-0.2, -0.15) is 8.42 Å². The Morgan fingerprint density at radius 1 is 0.569 bits per heavy atom. The molecule has 0 aliphatic carbocycles. The number of hydrogen-bond acceptors (Lipinski definition) is 11. The highest BCUT2D eigenvalue weighted by Crippen LogP contribution is 2.24. The van der Waals surface area contributed by atoms with Gasteiger partial charge in [0, 0.05) is 12.8 Å². The minimum atomic E-state index is -4.60. The zero-order chi connectivity index (χ0) is 42.7. The Morgan fingerprint density at radius 2 is 1.02 bits per heavy atom. The van der Waals surface area contributed by atoms with Crippen LogP contribution in [0.2, 0.25) is 0 Å². The normalized spacial score (nSPS) is 20.4. The van der Waals surface area contributed by atoms with Crippen LogP contribution in [0.3, 0.4) is 0 Å². The summed E-state index contributed by atoms with van der Waals surface area (Å²) in [5.74, 6) is -2.03. The summed E-state index contributed by atoms with van der Waals surface area (Å²) in [5.41, 5.74) is 0. The highest BCUT2D eigenvalue weighted by molar-refractivity contribution is 7.85. The van der Waals surface area contributed by atoms with E-state index < -0.39 is 71.2 Å². The van der Waals surface area contributed by atoms with Crippen LogP contribution in [0.15, 0.2) is 12.2 Å². The topological polar surface area (TPSA) is 186 Å². The van der Waals surface area contributed by atoms with Crippen LogP contribution in [0.25, 0.3) is 0 Å². The van der Waals surface area contributed by atoms with Crippen molar-refractivity contribution in [3.05, 3.63) is 12.2 Å². The molecule has 0 aromatic heterocycles. The van der Waals surface area contributed by atoms with Crippen molar-refractivity contribution in [2.45, 2.75) is 243 Å². The van der Waals surface area contributed by atoms with Crippen LogP contribution >= 0.6 is 0 Å². The van der Waals surface area contributed by atoms with E-state index in [1.807, 2.05) is 6.08 Å². The predicted octanol–water partition coefficient (Wildman–Crippen LogP) is 9.45. The van der Waals surface area contributed by atoms with Crippen LogP contribution in [-0.2, 0) is 38.7 Å². The first kappa shape index (κ1) is 54.4. The van der Waals surface area contributed by atoms with Gasteiger partial charge < -0.3 is 34.3 Å². The Bertz CT molecular complexity index is 1130. The van der Waals surface area contributed by atoms with E-state index in [0.717, 1.165) is 32.1 Å². The Morgan fingerprint density at radius 3 is 1.50 bits per heavy atom. The summed E-state index contributed by atoms with van der Waals surface area (Å²) in [6.45, 7) is 3.74. The molecule has 12 nitrogen and oxygen atoms in total. The van der Waals surface area contributed by atoms with Gasteiger partial charge in [-0.25, -0.2) is 0 Å². The second kappa shape index (κ2) is 36.1. The molecule has 342 valence electrons. The summed E-state index contributed by atoms with van der Waals surface area (Å²) in [6.07, 6.45) is 28.4. The average molecular weight is 849 g/mol. The van der Waals surface area contributed by atoms with Crippen molar-refractivity contribution in [1.29, 1.82) is 0 Å². The van der Waals surface area contributed by atoms with E-state index in [4.69, 9.17) is 18.9 Å². The zero-order valence-corrected chi connectivity index (χ0v) is 37.2. The SMILES string of the molecule is CCCCCCCCCCCCC/C=C/CCC(=O)OC[C@H](CO[C@H]1O[C@H](CS(=O)(=O)O)[C@@H](O)C(O)C1O)OC(=O)CCCCCCCCCCCCCCCCC. The molecule has 1 aliphatic heterocycles. The highest BCUT2D eigenvalue weighted by Gasteiger charge is 2.46. The summed E-state index contributed by atoms with van der Waals surface area (Å²) >= 11 is 0. The van der Waals surface area contributed by atoms with Crippen LogP contribution in [-0.4, -0.2) is 96.0 Å². The van der Waals surface area contributed by atoms with E-state index in [0.29, 0.717) is 12.8 Å². The number of ether oxygens (including phenoxy) is 4. The van der Waals surface area contributed by atoms with Crippen LogP contribution < -0.4 is 0 Å². The molecular weight excluding hydrogens is 765 g/mol. The molecule has 4 N–H and O–H groups in total. The van der Waals surface area contributed by atoms with Gasteiger partial charge in [0.1, 0.15) is 36.8 Å². The first-order chi connectivity index (χ1) is 28.0. The minimum absolute atomic E-state index is 0.140. The molecule has 6 atom stereocenters. The quantitative estimate of drug-likeness (QED) is 0.0199. The fourth-order valence-corrected chi connectivity index (χ4v) is 7.92. The van der Waals surface area contributed by atoms with Gasteiger partial charge in [-0.05, 0) is 25.7 Å². The van der Waals surface area contributed by atoms with E-state index in [1.54, 1.807) is 0 Å². The van der Waals surface area contributed by atoms with Gasteiger partial charge in [0.15, 0.2) is 12.4 Å². The molecule has 2 unspecified atom stereocenters. The number of esters is 2. The van der Waals surface area contributed by atoms with E-state index in [-0.39, 0.29) is 19.4 Å². The first-order valence-electron chi connectivity index (χ1n) is 23.2. The summed E-state index contributed by atoms with van der Waals surface area (Å²) in [6, 6.07) is 0. The van der Waals surface area contributed by atoms with Crippen molar-refractivity contribution in [3.63, 3.8) is 0 Å². The summed E-state index contributed by atoms with van der Waals surface area (Å²) in [5, 5.41) is 30.9. The maximum absolute atomic E-state index is 12.8. The van der Waals surface area contributed by atoms with Crippen LogP contribution in [0.5, 0.6) is 0 Å². The number of aliphatic hydroxyl groups is 3. The van der Waals surface area contributed by atoms with Crippen LogP contribution in [0, 0.1) is 0 Å². The van der Waals surface area contributed by atoms with E-state index in [9.17, 15) is 37.9 Å². The summed E-state index contributed by atoms with van der Waals surface area (Å²) in [7, 11) is -4.60. The van der Waals surface area contributed by atoms with Gasteiger partial charge in [-0.15, -0.1) is 0 Å². The van der Waals surface area contributed by atoms with Gasteiger partial charge in [-0.3, -0.25) is 14.1 Å². The number of aliphatic hydroxyl groups excluding tert-OH is 3. The highest BCUT2D eigenvalue weighted by atomic mass is 32.2. The van der Waals surface area contributed by atoms with E-state index >= 15 is 0 Å². The Kier molecular flexibility index (Phi) is 33.8. The van der Waals surface area contributed by atoms with E-state index in [1.165, 1.54) is 135 Å². The molecule has 1 aliphatic rings. The molecule has 0 spiro atoms. The molecule has 1 rings (SSSR count). The summed E-state index contributed by atoms with van der Waals surface area (Å²) < 4.78 is 54.0. The van der Waals surface area contributed by atoms with Gasteiger partial charge in [0.25, 0.3) is 10.1 Å². The standard InChI is InChI=1S/C45H84O12S/c1-3-5-7-9-11-13-15-17-19-21-23-25-27-29-31-33-40(46)54-35-38(36-55-45-44(50)43(49)42(48)39(57-45)37-58(51,52)53)56-41(47)34-32-30-28-26-24-22-20-18-16-14-12-10-8-6-4-2/h27,29,38-39,42-45,48-50H,3-26,28,30-37H2,1-2H3,(H,51,52,53)/b29-27+/t38-,39-,42-,43?,44?,45+/m1/s1. The molecule has 1 heterocycles. The molecule has 1 fully saturated rings. The van der Waals surface area contributed by atoms with Gasteiger partial charge >= 0.3 is 11.9 Å². The molecule has 13 heteroatoms. The zero-order valence-electron chi connectivity index (χ0n) is 36.4.